The van der Waals surface area contributed by atoms with Crippen LogP contribution in [-0.2, 0) is 4.74 Å². The zero-order chi connectivity index (χ0) is 9.07. The van der Waals surface area contributed by atoms with E-state index in [2.05, 4.69) is 20.8 Å². The van der Waals surface area contributed by atoms with Crippen LogP contribution in [0.25, 0.3) is 0 Å². The summed E-state index contributed by atoms with van der Waals surface area (Å²) in [5, 5.41) is 0. The molecular formula is C9H21NO. The molecule has 2 nitrogen and oxygen atoms in total. The smallest absolute Gasteiger partial charge is 0.0694 e. The van der Waals surface area contributed by atoms with Crippen molar-refractivity contribution in [3.63, 3.8) is 0 Å². The lowest BCUT2D eigenvalue weighted by Gasteiger charge is -2.26. The van der Waals surface area contributed by atoms with Crippen LogP contribution >= 0.6 is 0 Å². The van der Waals surface area contributed by atoms with Gasteiger partial charge in [-0.25, -0.2) is 0 Å². The Kier molecular flexibility index (Phi) is 4.04. The second-order valence-electron chi connectivity index (χ2n) is 4.37. The van der Waals surface area contributed by atoms with Gasteiger partial charge in [0.05, 0.1) is 6.10 Å². The summed E-state index contributed by atoms with van der Waals surface area (Å²) in [5.41, 5.74) is 6.19. The van der Waals surface area contributed by atoms with E-state index in [9.17, 15) is 0 Å². The van der Waals surface area contributed by atoms with Crippen LogP contribution in [0.3, 0.4) is 0 Å². The molecule has 2 unspecified atom stereocenters. The molecule has 0 radical (unpaired) electrons. The van der Waals surface area contributed by atoms with E-state index >= 15 is 0 Å². The molecule has 0 aliphatic heterocycles. The molecule has 0 spiro atoms. The third-order valence-electron chi connectivity index (χ3n) is 1.82. The molecule has 0 saturated carbocycles. The maximum absolute atomic E-state index is 5.89. The Hall–Kier alpha value is -0.0800. The first-order valence-electron chi connectivity index (χ1n) is 4.15. The molecule has 0 aliphatic carbocycles. The molecule has 68 valence electrons. The van der Waals surface area contributed by atoms with Crippen molar-refractivity contribution in [1.29, 1.82) is 0 Å². The van der Waals surface area contributed by atoms with Crippen molar-refractivity contribution in [3.05, 3.63) is 0 Å². The van der Waals surface area contributed by atoms with Gasteiger partial charge in [-0.1, -0.05) is 20.8 Å². The third kappa shape index (κ3) is 5.22. The quantitative estimate of drug-likeness (QED) is 0.681. The summed E-state index contributed by atoms with van der Waals surface area (Å²) in [6.45, 7) is 8.58. The Bertz CT molecular complexity index is 107. The van der Waals surface area contributed by atoms with Crippen LogP contribution in [0.2, 0.25) is 0 Å². The first kappa shape index (κ1) is 10.9. The highest BCUT2D eigenvalue weighted by Gasteiger charge is 2.19. The number of hydrogen-bond donors (Lipinski definition) is 1. The Labute approximate surface area is 70.1 Å². The lowest BCUT2D eigenvalue weighted by Crippen LogP contribution is -2.37. The van der Waals surface area contributed by atoms with E-state index in [1.54, 1.807) is 7.11 Å². The molecule has 2 N–H and O–H groups in total. The van der Waals surface area contributed by atoms with E-state index in [1.165, 1.54) is 0 Å². The number of nitrogens with two attached hydrogens (primary N) is 1. The molecular weight excluding hydrogens is 138 g/mol. The summed E-state index contributed by atoms with van der Waals surface area (Å²) in [7, 11) is 1.70. The standard InChI is InChI=1S/C9H21NO/c1-7(11-5)8(10)6-9(2,3)4/h7-8H,6,10H2,1-5H3. The SMILES string of the molecule is COC(C)C(N)CC(C)(C)C. The average Bonchev–Trinajstić information content (AvgIpc) is 1.82. The fourth-order valence-electron chi connectivity index (χ4n) is 1.05. The zero-order valence-electron chi connectivity index (χ0n) is 8.35. The normalized spacial score (nSPS) is 18.0. The van der Waals surface area contributed by atoms with Crippen LogP contribution < -0.4 is 5.73 Å². The van der Waals surface area contributed by atoms with Gasteiger partial charge in [0.2, 0.25) is 0 Å². The molecule has 0 heterocycles. The molecule has 0 rings (SSSR count). The van der Waals surface area contributed by atoms with Gasteiger partial charge in [0, 0.05) is 13.2 Å². The fourth-order valence-corrected chi connectivity index (χ4v) is 1.05. The van der Waals surface area contributed by atoms with Crippen molar-refractivity contribution >= 4 is 0 Å². The predicted octanol–water partition coefficient (Wildman–Crippen LogP) is 1.78. The maximum atomic E-state index is 5.89. The molecule has 0 fully saturated rings. The van der Waals surface area contributed by atoms with E-state index < -0.39 is 0 Å². The predicted molar refractivity (Wildman–Crippen MR) is 48.5 cm³/mol. The van der Waals surface area contributed by atoms with Gasteiger partial charge in [-0.15, -0.1) is 0 Å². The van der Waals surface area contributed by atoms with E-state index in [0.29, 0.717) is 5.41 Å². The minimum absolute atomic E-state index is 0.153. The van der Waals surface area contributed by atoms with Crippen molar-refractivity contribution in [2.45, 2.75) is 46.3 Å². The number of ether oxygens (including phenoxy) is 1. The van der Waals surface area contributed by atoms with Gasteiger partial charge < -0.3 is 10.5 Å². The van der Waals surface area contributed by atoms with Crippen molar-refractivity contribution in [2.75, 3.05) is 7.11 Å². The van der Waals surface area contributed by atoms with Crippen LogP contribution in [0.4, 0.5) is 0 Å². The summed E-state index contributed by atoms with van der Waals surface area (Å²) in [4.78, 5) is 0. The Morgan fingerprint density at radius 3 is 2.09 bits per heavy atom. The van der Waals surface area contributed by atoms with E-state index in [0.717, 1.165) is 6.42 Å². The van der Waals surface area contributed by atoms with Crippen LogP contribution in [-0.4, -0.2) is 19.3 Å². The number of rotatable bonds is 3. The second kappa shape index (κ2) is 4.07. The molecule has 11 heavy (non-hydrogen) atoms. The fraction of sp³-hybridized carbons (Fsp3) is 1.00. The van der Waals surface area contributed by atoms with Crippen molar-refractivity contribution in [3.8, 4) is 0 Å². The minimum Gasteiger partial charge on any atom is -0.380 e. The highest BCUT2D eigenvalue weighted by atomic mass is 16.5. The number of methoxy groups -OCH3 is 1. The lowest BCUT2D eigenvalue weighted by atomic mass is 9.87. The molecule has 0 saturated heterocycles. The molecule has 0 aromatic rings. The highest BCUT2D eigenvalue weighted by Crippen LogP contribution is 2.21. The van der Waals surface area contributed by atoms with E-state index in [-0.39, 0.29) is 12.1 Å². The number of hydrogen-bond acceptors (Lipinski definition) is 2. The van der Waals surface area contributed by atoms with Crippen LogP contribution in [0, 0.1) is 5.41 Å². The molecule has 0 bridgehead atoms. The van der Waals surface area contributed by atoms with Crippen LogP contribution in [0.15, 0.2) is 0 Å². The van der Waals surface area contributed by atoms with Gasteiger partial charge in [0.1, 0.15) is 0 Å². The molecule has 0 aliphatic rings. The first-order chi connectivity index (χ1) is 4.87. The van der Waals surface area contributed by atoms with E-state index in [1.807, 2.05) is 6.92 Å². The van der Waals surface area contributed by atoms with Gasteiger partial charge in [-0.3, -0.25) is 0 Å². The third-order valence-corrected chi connectivity index (χ3v) is 1.82. The van der Waals surface area contributed by atoms with Crippen molar-refractivity contribution in [1.82, 2.24) is 0 Å². The average molecular weight is 159 g/mol. The van der Waals surface area contributed by atoms with E-state index in [4.69, 9.17) is 10.5 Å². The van der Waals surface area contributed by atoms with Gasteiger partial charge >= 0.3 is 0 Å². The summed E-state index contributed by atoms with van der Waals surface area (Å²) >= 11 is 0. The van der Waals surface area contributed by atoms with Gasteiger partial charge in [-0.2, -0.15) is 0 Å². The van der Waals surface area contributed by atoms with Gasteiger partial charge in [0.25, 0.3) is 0 Å². The zero-order valence-corrected chi connectivity index (χ0v) is 8.35. The molecule has 0 amide bonds. The monoisotopic (exact) mass is 159 g/mol. The first-order valence-corrected chi connectivity index (χ1v) is 4.15. The van der Waals surface area contributed by atoms with Crippen molar-refractivity contribution < 1.29 is 4.74 Å². The van der Waals surface area contributed by atoms with Crippen LogP contribution in [0.5, 0.6) is 0 Å². The highest BCUT2D eigenvalue weighted by molar-refractivity contribution is 4.75. The second-order valence-corrected chi connectivity index (χ2v) is 4.37. The lowest BCUT2D eigenvalue weighted by molar-refractivity contribution is 0.0814. The summed E-state index contributed by atoms with van der Waals surface area (Å²) < 4.78 is 5.13. The topological polar surface area (TPSA) is 35.2 Å². The summed E-state index contributed by atoms with van der Waals surface area (Å²) in [6, 6.07) is 0.153. The van der Waals surface area contributed by atoms with Gasteiger partial charge in [0.15, 0.2) is 0 Å². The Balaban J connectivity index is 3.77. The summed E-state index contributed by atoms with van der Waals surface area (Å²) in [6.07, 6.45) is 1.16. The molecule has 2 heteroatoms. The summed E-state index contributed by atoms with van der Waals surface area (Å²) in [5.74, 6) is 0. The Morgan fingerprint density at radius 1 is 1.36 bits per heavy atom. The van der Waals surface area contributed by atoms with Crippen LogP contribution in [0.1, 0.15) is 34.1 Å². The molecule has 0 aromatic heterocycles. The molecule has 2 atom stereocenters. The Morgan fingerprint density at radius 2 is 1.82 bits per heavy atom. The van der Waals surface area contributed by atoms with Gasteiger partial charge in [-0.05, 0) is 18.8 Å². The van der Waals surface area contributed by atoms with Crippen molar-refractivity contribution in [2.24, 2.45) is 11.1 Å². The minimum atomic E-state index is 0.153. The largest absolute Gasteiger partial charge is 0.380 e. The maximum Gasteiger partial charge on any atom is 0.0694 e. The molecule has 0 aromatic carbocycles.